The highest BCUT2D eigenvalue weighted by Gasteiger charge is 2.28. The lowest BCUT2D eigenvalue weighted by Crippen LogP contribution is -2.38. The second-order valence-corrected chi connectivity index (χ2v) is 7.94. The van der Waals surface area contributed by atoms with Crippen LogP contribution in [0.4, 0.5) is 0 Å². The van der Waals surface area contributed by atoms with Crippen molar-refractivity contribution < 1.29 is 0 Å². The van der Waals surface area contributed by atoms with Crippen LogP contribution in [0.3, 0.4) is 0 Å². The molecule has 1 atom stereocenters. The zero-order chi connectivity index (χ0) is 14.7. The average Bonchev–Trinajstić information content (AvgIpc) is 3.01. The molecule has 2 heteroatoms. The fourth-order valence-electron chi connectivity index (χ4n) is 3.25. The van der Waals surface area contributed by atoms with Crippen LogP contribution in [0, 0.1) is 5.41 Å². The maximum atomic E-state index is 3.92. The van der Waals surface area contributed by atoms with Crippen molar-refractivity contribution in [3.8, 4) is 0 Å². The van der Waals surface area contributed by atoms with Gasteiger partial charge in [-0.25, -0.2) is 0 Å². The number of rotatable bonds is 4. The first kappa shape index (κ1) is 14.8. The Bertz CT molecular complexity index is 534. The zero-order valence-corrected chi connectivity index (χ0v) is 13.8. The van der Waals surface area contributed by atoms with Crippen LogP contribution < -0.4 is 5.32 Å². The maximum absolute atomic E-state index is 3.92. The summed E-state index contributed by atoms with van der Waals surface area (Å²) in [6, 6.07) is 16.3. The molecule has 0 saturated heterocycles. The molecule has 1 aromatic heterocycles. The minimum Gasteiger partial charge on any atom is -0.303 e. The quantitative estimate of drug-likeness (QED) is 0.797. The number of hydrogen-bond donors (Lipinski definition) is 1. The Balaban J connectivity index is 1.75. The van der Waals surface area contributed by atoms with E-state index in [2.05, 4.69) is 67.0 Å². The summed E-state index contributed by atoms with van der Waals surface area (Å²) in [4.78, 5) is 1.42. The Morgan fingerprint density at radius 1 is 1.05 bits per heavy atom. The third-order valence-corrected chi connectivity index (χ3v) is 5.64. The van der Waals surface area contributed by atoms with Crippen LogP contribution in [0.1, 0.15) is 56.0 Å². The van der Waals surface area contributed by atoms with Crippen molar-refractivity contribution in [3.63, 3.8) is 0 Å². The Morgan fingerprint density at radius 2 is 1.76 bits per heavy atom. The third kappa shape index (κ3) is 3.75. The van der Waals surface area contributed by atoms with Crippen molar-refractivity contribution in [2.75, 3.05) is 0 Å². The monoisotopic (exact) mass is 299 g/mol. The third-order valence-electron chi connectivity index (χ3n) is 4.70. The molecule has 0 radical (unpaired) electrons. The number of benzene rings is 1. The minimum atomic E-state index is 0.345. The summed E-state index contributed by atoms with van der Waals surface area (Å²) in [5.41, 5.74) is 1.91. The predicted molar refractivity (Wildman–Crippen MR) is 91.8 cm³/mol. The van der Waals surface area contributed by atoms with Gasteiger partial charge in [-0.15, -0.1) is 11.3 Å². The van der Waals surface area contributed by atoms with E-state index in [1.165, 1.54) is 36.1 Å². The fourth-order valence-corrected chi connectivity index (χ4v) is 4.06. The van der Waals surface area contributed by atoms with E-state index in [9.17, 15) is 0 Å². The average molecular weight is 299 g/mol. The molecule has 1 aliphatic rings. The van der Waals surface area contributed by atoms with Crippen LogP contribution in [0.15, 0.2) is 47.8 Å². The standard InChI is InChI=1S/C19H25NS/c1-19(2)12-10-16(11-13-19)20-18(17-9-6-14-21-17)15-7-4-3-5-8-15/h3-9,14,16,18,20H,10-13H2,1-2H3. The first-order valence-corrected chi connectivity index (χ1v) is 8.86. The lowest BCUT2D eigenvalue weighted by Gasteiger charge is -2.36. The maximum Gasteiger partial charge on any atom is 0.0673 e. The van der Waals surface area contributed by atoms with Crippen molar-refractivity contribution in [2.45, 2.75) is 51.6 Å². The van der Waals surface area contributed by atoms with Crippen molar-refractivity contribution in [3.05, 3.63) is 58.3 Å². The molecule has 1 heterocycles. The summed E-state index contributed by atoms with van der Waals surface area (Å²) < 4.78 is 0. The van der Waals surface area contributed by atoms with Gasteiger partial charge in [0, 0.05) is 10.9 Å². The molecule has 1 fully saturated rings. The van der Waals surface area contributed by atoms with Crippen molar-refractivity contribution >= 4 is 11.3 Å². The molecule has 0 amide bonds. The molecule has 0 bridgehead atoms. The largest absolute Gasteiger partial charge is 0.303 e. The Hall–Kier alpha value is -1.12. The molecular weight excluding hydrogens is 274 g/mol. The summed E-state index contributed by atoms with van der Waals surface area (Å²) in [5.74, 6) is 0. The molecule has 1 aromatic carbocycles. The summed E-state index contributed by atoms with van der Waals surface area (Å²) in [5, 5.41) is 6.10. The van der Waals surface area contributed by atoms with E-state index >= 15 is 0 Å². The predicted octanol–water partition coefficient (Wildman–Crippen LogP) is 5.40. The van der Waals surface area contributed by atoms with E-state index < -0.39 is 0 Å². The lowest BCUT2D eigenvalue weighted by atomic mass is 9.75. The van der Waals surface area contributed by atoms with Gasteiger partial charge in [0.15, 0.2) is 0 Å². The second kappa shape index (κ2) is 6.33. The zero-order valence-electron chi connectivity index (χ0n) is 13.0. The SMILES string of the molecule is CC1(C)CCC(NC(c2ccccc2)c2cccs2)CC1. The summed E-state index contributed by atoms with van der Waals surface area (Å²) in [7, 11) is 0. The first-order chi connectivity index (χ1) is 10.1. The summed E-state index contributed by atoms with van der Waals surface area (Å²) >= 11 is 1.85. The van der Waals surface area contributed by atoms with Gasteiger partial charge < -0.3 is 5.32 Å². The van der Waals surface area contributed by atoms with Gasteiger partial charge in [-0.1, -0.05) is 50.2 Å². The van der Waals surface area contributed by atoms with Gasteiger partial charge in [-0.3, -0.25) is 0 Å². The van der Waals surface area contributed by atoms with E-state index in [0.29, 0.717) is 17.5 Å². The Morgan fingerprint density at radius 3 is 2.38 bits per heavy atom. The van der Waals surface area contributed by atoms with E-state index in [4.69, 9.17) is 0 Å². The van der Waals surface area contributed by atoms with Crippen LogP contribution in [-0.4, -0.2) is 6.04 Å². The van der Waals surface area contributed by atoms with Crippen LogP contribution in [-0.2, 0) is 0 Å². The van der Waals surface area contributed by atoms with Crippen molar-refractivity contribution in [2.24, 2.45) is 5.41 Å². The van der Waals surface area contributed by atoms with E-state index in [1.807, 2.05) is 11.3 Å². The molecule has 3 rings (SSSR count). The molecule has 1 aliphatic carbocycles. The molecule has 1 N–H and O–H groups in total. The van der Waals surface area contributed by atoms with E-state index in [-0.39, 0.29) is 0 Å². The molecule has 1 nitrogen and oxygen atoms in total. The van der Waals surface area contributed by atoms with E-state index in [1.54, 1.807) is 0 Å². The Labute approximate surface area is 132 Å². The second-order valence-electron chi connectivity index (χ2n) is 6.96. The highest BCUT2D eigenvalue weighted by atomic mass is 32.1. The van der Waals surface area contributed by atoms with E-state index in [0.717, 1.165) is 0 Å². The Kier molecular flexibility index (Phi) is 4.46. The van der Waals surface area contributed by atoms with Crippen LogP contribution in [0.25, 0.3) is 0 Å². The van der Waals surface area contributed by atoms with Gasteiger partial charge in [0.1, 0.15) is 0 Å². The van der Waals surface area contributed by atoms with Crippen LogP contribution in [0.2, 0.25) is 0 Å². The fraction of sp³-hybridized carbons (Fsp3) is 0.474. The normalized spacial score (nSPS) is 20.3. The smallest absolute Gasteiger partial charge is 0.0673 e. The van der Waals surface area contributed by atoms with Gasteiger partial charge in [-0.05, 0) is 48.1 Å². The first-order valence-electron chi connectivity index (χ1n) is 7.98. The van der Waals surface area contributed by atoms with Crippen LogP contribution >= 0.6 is 11.3 Å². The topological polar surface area (TPSA) is 12.0 Å². The molecule has 21 heavy (non-hydrogen) atoms. The molecular formula is C19H25NS. The van der Waals surface area contributed by atoms with Crippen molar-refractivity contribution in [1.82, 2.24) is 5.32 Å². The highest BCUT2D eigenvalue weighted by molar-refractivity contribution is 7.10. The van der Waals surface area contributed by atoms with Gasteiger partial charge >= 0.3 is 0 Å². The summed E-state index contributed by atoms with van der Waals surface area (Å²) in [6.45, 7) is 4.80. The van der Waals surface area contributed by atoms with Crippen LogP contribution in [0.5, 0.6) is 0 Å². The molecule has 1 saturated carbocycles. The van der Waals surface area contributed by atoms with Gasteiger partial charge in [0.2, 0.25) is 0 Å². The van der Waals surface area contributed by atoms with Gasteiger partial charge in [0.05, 0.1) is 6.04 Å². The number of hydrogen-bond acceptors (Lipinski definition) is 2. The lowest BCUT2D eigenvalue weighted by molar-refractivity contribution is 0.202. The number of nitrogens with one attached hydrogen (secondary N) is 1. The molecule has 0 spiro atoms. The molecule has 1 unspecified atom stereocenters. The highest BCUT2D eigenvalue weighted by Crippen LogP contribution is 2.36. The van der Waals surface area contributed by atoms with Gasteiger partial charge in [0.25, 0.3) is 0 Å². The summed E-state index contributed by atoms with van der Waals surface area (Å²) in [6.07, 6.45) is 5.25. The minimum absolute atomic E-state index is 0.345. The van der Waals surface area contributed by atoms with Gasteiger partial charge in [-0.2, -0.15) is 0 Å². The van der Waals surface area contributed by atoms with Crippen molar-refractivity contribution in [1.29, 1.82) is 0 Å². The molecule has 2 aromatic rings. The molecule has 112 valence electrons. The molecule has 0 aliphatic heterocycles. The number of thiophene rings is 1.